The average molecular weight is 447 g/mol. The van der Waals surface area contributed by atoms with Gasteiger partial charge >= 0.3 is 0 Å². The van der Waals surface area contributed by atoms with Crippen LogP contribution in [0.5, 0.6) is 11.5 Å². The van der Waals surface area contributed by atoms with Crippen molar-refractivity contribution in [1.29, 1.82) is 0 Å². The maximum Gasteiger partial charge on any atom is 0.236 e. The molecule has 28 heavy (non-hydrogen) atoms. The third kappa shape index (κ3) is 4.67. The number of ether oxygens (including phenoxy) is 2. The highest BCUT2D eigenvalue weighted by Crippen LogP contribution is 2.38. The number of nitrogens with zero attached hydrogens (tertiary/aromatic N) is 2. The van der Waals surface area contributed by atoms with E-state index in [-0.39, 0.29) is 11.9 Å². The van der Waals surface area contributed by atoms with Crippen LogP contribution in [0.2, 0.25) is 0 Å². The topological polar surface area (TPSA) is 42.0 Å². The van der Waals surface area contributed by atoms with Crippen molar-refractivity contribution in [1.82, 2.24) is 9.80 Å². The van der Waals surface area contributed by atoms with Crippen LogP contribution in [0, 0.1) is 0 Å². The van der Waals surface area contributed by atoms with Gasteiger partial charge in [-0.05, 0) is 49.2 Å². The molecule has 0 bridgehead atoms. The van der Waals surface area contributed by atoms with Crippen molar-refractivity contribution < 1.29 is 14.3 Å². The molecule has 0 saturated carbocycles. The van der Waals surface area contributed by atoms with Gasteiger partial charge in [0.25, 0.3) is 0 Å². The summed E-state index contributed by atoms with van der Waals surface area (Å²) in [6.07, 6.45) is 2.07. The Balaban J connectivity index is 1.71. The standard InChI is InChI=1S/C22H27BrN2O3/c1-24(14-16-7-4-5-8-19(16)23)22(26)15-25-12-6-9-20(25)18-13-17(27-2)10-11-21(18)28-3/h4-5,7-8,10-11,13,20H,6,9,12,14-15H2,1-3H3/t20-/m0/s1. The second-order valence-corrected chi connectivity index (χ2v) is 7.93. The van der Waals surface area contributed by atoms with E-state index in [0.29, 0.717) is 13.1 Å². The Kier molecular flexibility index (Phi) is 6.97. The van der Waals surface area contributed by atoms with E-state index in [1.165, 1.54) is 0 Å². The highest BCUT2D eigenvalue weighted by Gasteiger charge is 2.30. The number of methoxy groups -OCH3 is 2. The molecule has 1 heterocycles. The van der Waals surface area contributed by atoms with Gasteiger partial charge in [0.15, 0.2) is 0 Å². The van der Waals surface area contributed by atoms with Crippen LogP contribution in [0.1, 0.15) is 30.0 Å². The Morgan fingerprint density at radius 3 is 2.71 bits per heavy atom. The number of carbonyl (C=O) groups is 1. The molecule has 2 aromatic rings. The van der Waals surface area contributed by atoms with Crippen LogP contribution in [0.15, 0.2) is 46.9 Å². The van der Waals surface area contributed by atoms with E-state index >= 15 is 0 Å². The zero-order valence-electron chi connectivity index (χ0n) is 16.7. The van der Waals surface area contributed by atoms with Crippen LogP contribution >= 0.6 is 15.9 Å². The normalized spacial score (nSPS) is 16.8. The molecule has 0 aliphatic carbocycles. The van der Waals surface area contributed by atoms with E-state index in [4.69, 9.17) is 9.47 Å². The zero-order valence-corrected chi connectivity index (χ0v) is 18.2. The Morgan fingerprint density at radius 2 is 2.00 bits per heavy atom. The van der Waals surface area contributed by atoms with Gasteiger partial charge in [-0.2, -0.15) is 0 Å². The third-order valence-corrected chi connectivity index (χ3v) is 6.06. The monoisotopic (exact) mass is 446 g/mol. The van der Waals surface area contributed by atoms with Crippen molar-refractivity contribution in [2.75, 3.05) is 34.4 Å². The Bertz CT molecular complexity index is 827. The second-order valence-electron chi connectivity index (χ2n) is 7.08. The fraction of sp³-hybridized carbons (Fsp3) is 0.409. The van der Waals surface area contributed by atoms with E-state index in [0.717, 1.165) is 46.5 Å². The summed E-state index contributed by atoms with van der Waals surface area (Å²) in [7, 11) is 5.21. The van der Waals surface area contributed by atoms with E-state index in [1.807, 2.05) is 49.5 Å². The lowest BCUT2D eigenvalue weighted by Crippen LogP contribution is -2.38. The molecular weight excluding hydrogens is 420 g/mol. The van der Waals surface area contributed by atoms with Gasteiger partial charge in [0.05, 0.1) is 20.8 Å². The molecule has 2 aromatic carbocycles. The number of carbonyl (C=O) groups excluding carboxylic acids is 1. The van der Waals surface area contributed by atoms with Crippen LogP contribution in [0.4, 0.5) is 0 Å². The number of halogens is 1. The Labute approximate surface area is 175 Å². The van der Waals surface area contributed by atoms with Gasteiger partial charge in [0.2, 0.25) is 5.91 Å². The van der Waals surface area contributed by atoms with Gasteiger partial charge in [-0.3, -0.25) is 9.69 Å². The molecule has 0 spiro atoms. The summed E-state index contributed by atoms with van der Waals surface area (Å²) in [6.45, 7) is 1.88. The molecule has 1 amide bonds. The van der Waals surface area contributed by atoms with Crippen molar-refractivity contribution in [3.05, 3.63) is 58.1 Å². The van der Waals surface area contributed by atoms with Gasteiger partial charge in [0, 0.05) is 29.7 Å². The molecular formula is C22H27BrN2O3. The first-order valence-corrected chi connectivity index (χ1v) is 10.3. The van der Waals surface area contributed by atoms with Crippen LogP contribution in [0.3, 0.4) is 0 Å². The molecule has 6 heteroatoms. The fourth-order valence-electron chi connectivity index (χ4n) is 3.73. The number of likely N-dealkylation sites (tertiary alicyclic amines) is 1. The maximum absolute atomic E-state index is 12.9. The summed E-state index contributed by atoms with van der Waals surface area (Å²) in [5, 5.41) is 0. The quantitative estimate of drug-likeness (QED) is 0.636. The number of hydrogen-bond acceptors (Lipinski definition) is 4. The molecule has 1 aliphatic heterocycles. The number of hydrogen-bond donors (Lipinski definition) is 0. The summed E-state index contributed by atoms with van der Waals surface area (Å²) in [5.74, 6) is 1.76. The van der Waals surface area contributed by atoms with Crippen molar-refractivity contribution in [2.45, 2.75) is 25.4 Å². The van der Waals surface area contributed by atoms with Gasteiger partial charge in [-0.1, -0.05) is 34.1 Å². The lowest BCUT2D eigenvalue weighted by molar-refractivity contribution is -0.131. The molecule has 1 fully saturated rings. The van der Waals surface area contributed by atoms with Crippen LogP contribution in [-0.2, 0) is 11.3 Å². The molecule has 1 aliphatic rings. The second kappa shape index (κ2) is 9.43. The third-order valence-electron chi connectivity index (χ3n) is 5.29. The molecule has 1 atom stereocenters. The average Bonchev–Trinajstić information content (AvgIpc) is 3.17. The van der Waals surface area contributed by atoms with Crippen molar-refractivity contribution >= 4 is 21.8 Å². The zero-order chi connectivity index (χ0) is 20.1. The van der Waals surface area contributed by atoms with E-state index in [1.54, 1.807) is 19.1 Å². The van der Waals surface area contributed by atoms with Gasteiger partial charge in [-0.15, -0.1) is 0 Å². The highest BCUT2D eigenvalue weighted by atomic mass is 79.9. The smallest absolute Gasteiger partial charge is 0.236 e. The summed E-state index contributed by atoms with van der Waals surface area (Å²) in [4.78, 5) is 16.9. The molecule has 0 aromatic heterocycles. The van der Waals surface area contributed by atoms with E-state index < -0.39 is 0 Å². The summed E-state index contributed by atoms with van der Waals surface area (Å²) in [5.41, 5.74) is 2.19. The lowest BCUT2D eigenvalue weighted by atomic mass is 10.0. The molecule has 1 saturated heterocycles. The first kappa shape index (κ1) is 20.7. The van der Waals surface area contributed by atoms with Crippen LogP contribution in [0.25, 0.3) is 0 Å². The van der Waals surface area contributed by atoms with Gasteiger partial charge < -0.3 is 14.4 Å². The molecule has 0 radical (unpaired) electrons. The number of rotatable bonds is 7. The first-order valence-electron chi connectivity index (χ1n) is 9.46. The summed E-state index contributed by atoms with van der Waals surface area (Å²) < 4.78 is 12.0. The molecule has 3 rings (SSSR count). The molecule has 150 valence electrons. The minimum atomic E-state index is 0.115. The van der Waals surface area contributed by atoms with Gasteiger partial charge in [-0.25, -0.2) is 0 Å². The van der Waals surface area contributed by atoms with E-state index in [9.17, 15) is 4.79 Å². The molecule has 5 nitrogen and oxygen atoms in total. The number of benzene rings is 2. The Morgan fingerprint density at radius 1 is 1.21 bits per heavy atom. The number of likely N-dealkylation sites (N-methyl/N-ethyl adjacent to an activating group) is 1. The summed E-state index contributed by atoms with van der Waals surface area (Å²) >= 11 is 3.56. The van der Waals surface area contributed by atoms with E-state index in [2.05, 4.69) is 20.8 Å². The summed E-state index contributed by atoms with van der Waals surface area (Å²) in [6, 6.07) is 14.0. The fourth-order valence-corrected chi connectivity index (χ4v) is 4.14. The van der Waals surface area contributed by atoms with Crippen LogP contribution < -0.4 is 9.47 Å². The van der Waals surface area contributed by atoms with Crippen molar-refractivity contribution in [3.8, 4) is 11.5 Å². The van der Waals surface area contributed by atoms with Crippen LogP contribution in [-0.4, -0.2) is 50.1 Å². The van der Waals surface area contributed by atoms with Crippen molar-refractivity contribution in [3.63, 3.8) is 0 Å². The number of amides is 1. The largest absolute Gasteiger partial charge is 0.497 e. The SMILES string of the molecule is COc1ccc(OC)c([C@@H]2CCCN2CC(=O)N(C)Cc2ccccc2Br)c1. The predicted octanol–water partition coefficient (Wildman–Crippen LogP) is 4.26. The highest BCUT2D eigenvalue weighted by molar-refractivity contribution is 9.10. The Hall–Kier alpha value is -2.05. The van der Waals surface area contributed by atoms with Crippen molar-refractivity contribution in [2.24, 2.45) is 0 Å². The lowest BCUT2D eigenvalue weighted by Gasteiger charge is -2.28. The molecule has 0 unspecified atom stereocenters. The molecule has 0 N–H and O–H groups in total. The minimum Gasteiger partial charge on any atom is -0.497 e. The minimum absolute atomic E-state index is 0.115. The predicted molar refractivity (Wildman–Crippen MR) is 114 cm³/mol. The van der Waals surface area contributed by atoms with Gasteiger partial charge in [0.1, 0.15) is 11.5 Å². The first-order chi connectivity index (χ1) is 13.5. The maximum atomic E-state index is 12.9.